The zero-order valence-electron chi connectivity index (χ0n) is 19.5. The molecule has 3 aromatic carbocycles. The number of phenols is 2. The van der Waals surface area contributed by atoms with Gasteiger partial charge in [-0.05, 0) is 86.0 Å². The van der Waals surface area contributed by atoms with Crippen molar-refractivity contribution in [2.45, 2.75) is 32.3 Å². The van der Waals surface area contributed by atoms with Crippen LogP contribution in [0.2, 0.25) is 0 Å². The molecule has 5 rings (SSSR count). The third-order valence-corrected chi connectivity index (χ3v) is 6.77. The molecule has 0 saturated carbocycles. The molecule has 2 heterocycles. The quantitative estimate of drug-likeness (QED) is 0.473. The number of fused-ring (bicyclic) bond motifs is 1. The largest absolute Gasteiger partial charge is 0.508 e. The minimum absolute atomic E-state index is 0.177. The second-order valence-electron chi connectivity index (χ2n) is 9.08. The summed E-state index contributed by atoms with van der Waals surface area (Å²) in [6.07, 6.45) is 3.56. The van der Waals surface area contributed by atoms with Crippen molar-refractivity contribution in [1.29, 1.82) is 0 Å². The van der Waals surface area contributed by atoms with E-state index >= 15 is 0 Å². The van der Waals surface area contributed by atoms with E-state index in [0.29, 0.717) is 12.4 Å². The highest BCUT2D eigenvalue weighted by Crippen LogP contribution is 2.47. The summed E-state index contributed by atoms with van der Waals surface area (Å²) in [5.41, 5.74) is 5.06. The number of nitrogens with zero attached hydrogens (tertiary/aromatic N) is 1. The van der Waals surface area contributed by atoms with Crippen molar-refractivity contribution in [1.82, 2.24) is 4.90 Å². The van der Waals surface area contributed by atoms with Crippen LogP contribution in [-0.4, -0.2) is 41.4 Å². The van der Waals surface area contributed by atoms with Gasteiger partial charge in [-0.2, -0.15) is 0 Å². The predicted octanol–water partition coefficient (Wildman–Crippen LogP) is 6.03. The van der Waals surface area contributed by atoms with Gasteiger partial charge in [-0.25, -0.2) is 0 Å². The van der Waals surface area contributed by atoms with Gasteiger partial charge in [0.25, 0.3) is 0 Å². The molecule has 5 nitrogen and oxygen atoms in total. The lowest BCUT2D eigenvalue weighted by Gasteiger charge is -2.31. The van der Waals surface area contributed by atoms with Gasteiger partial charge in [0.2, 0.25) is 0 Å². The minimum atomic E-state index is -0.346. The third-order valence-electron chi connectivity index (χ3n) is 6.77. The van der Waals surface area contributed by atoms with Gasteiger partial charge in [-0.1, -0.05) is 30.7 Å². The Hall–Kier alpha value is -3.44. The van der Waals surface area contributed by atoms with Gasteiger partial charge in [0.1, 0.15) is 35.7 Å². The number of phenolic OH excluding ortho intramolecular Hbond substituents is 2. The molecule has 1 saturated heterocycles. The number of aromatic hydroxyl groups is 2. The first-order valence-corrected chi connectivity index (χ1v) is 12.0. The molecule has 0 aromatic heterocycles. The average molecular weight is 458 g/mol. The van der Waals surface area contributed by atoms with Crippen molar-refractivity contribution in [2.24, 2.45) is 0 Å². The maximum absolute atomic E-state index is 10.0. The summed E-state index contributed by atoms with van der Waals surface area (Å²) in [5, 5.41) is 19.8. The van der Waals surface area contributed by atoms with Gasteiger partial charge < -0.3 is 19.7 Å². The zero-order valence-corrected chi connectivity index (χ0v) is 19.5. The number of rotatable bonds is 6. The van der Waals surface area contributed by atoms with Crippen molar-refractivity contribution >= 4 is 11.1 Å². The smallest absolute Gasteiger partial charge is 0.150 e. The first-order chi connectivity index (χ1) is 16.6. The molecule has 0 bridgehead atoms. The van der Waals surface area contributed by atoms with E-state index in [1.54, 1.807) is 24.3 Å². The second-order valence-corrected chi connectivity index (χ2v) is 9.08. The molecule has 0 unspecified atom stereocenters. The molecule has 5 heteroatoms. The van der Waals surface area contributed by atoms with Gasteiger partial charge in [0.15, 0.2) is 0 Å². The van der Waals surface area contributed by atoms with Crippen LogP contribution in [0.1, 0.15) is 49.0 Å². The molecule has 2 aliphatic rings. The van der Waals surface area contributed by atoms with Crippen LogP contribution in [0, 0.1) is 0 Å². The highest BCUT2D eigenvalue weighted by molar-refractivity contribution is 5.95. The molecule has 34 heavy (non-hydrogen) atoms. The van der Waals surface area contributed by atoms with Gasteiger partial charge >= 0.3 is 0 Å². The van der Waals surface area contributed by atoms with Gasteiger partial charge in [-0.15, -0.1) is 0 Å². The molecule has 176 valence electrons. The summed E-state index contributed by atoms with van der Waals surface area (Å²) >= 11 is 0. The average Bonchev–Trinajstić information content (AvgIpc) is 2.86. The fourth-order valence-corrected chi connectivity index (χ4v) is 4.90. The monoisotopic (exact) mass is 457 g/mol. The van der Waals surface area contributed by atoms with E-state index in [2.05, 4.69) is 11.8 Å². The number of ether oxygens (including phenoxy) is 2. The van der Waals surface area contributed by atoms with Crippen molar-refractivity contribution in [3.8, 4) is 23.0 Å². The van der Waals surface area contributed by atoms with Crippen molar-refractivity contribution in [3.63, 3.8) is 0 Å². The molecule has 1 atom stereocenters. The Morgan fingerprint density at radius 3 is 2.32 bits per heavy atom. The second kappa shape index (κ2) is 9.82. The van der Waals surface area contributed by atoms with E-state index in [9.17, 15) is 10.2 Å². The maximum atomic E-state index is 10.0. The summed E-state index contributed by atoms with van der Waals surface area (Å²) < 4.78 is 12.5. The van der Waals surface area contributed by atoms with E-state index in [1.165, 1.54) is 32.4 Å². The van der Waals surface area contributed by atoms with E-state index in [4.69, 9.17) is 9.47 Å². The summed E-state index contributed by atoms with van der Waals surface area (Å²) in [6.45, 7) is 6.06. The zero-order chi connectivity index (χ0) is 23.5. The highest BCUT2D eigenvalue weighted by atomic mass is 16.5. The van der Waals surface area contributed by atoms with E-state index in [1.807, 2.05) is 42.5 Å². The number of likely N-dealkylation sites (tertiary alicyclic amines) is 1. The molecular weight excluding hydrogens is 426 g/mol. The Bertz CT molecular complexity index is 1160. The number of benzene rings is 3. The van der Waals surface area contributed by atoms with Crippen LogP contribution in [0.3, 0.4) is 0 Å². The maximum Gasteiger partial charge on any atom is 0.150 e. The van der Waals surface area contributed by atoms with Crippen LogP contribution in [-0.2, 0) is 0 Å². The summed E-state index contributed by atoms with van der Waals surface area (Å²) in [6, 6.07) is 20.5. The lowest BCUT2D eigenvalue weighted by atomic mass is 9.86. The molecule has 0 amide bonds. The first-order valence-electron chi connectivity index (χ1n) is 12.0. The third kappa shape index (κ3) is 4.75. The van der Waals surface area contributed by atoms with Crippen LogP contribution in [0.25, 0.3) is 11.1 Å². The molecule has 2 N–H and O–H groups in total. The molecule has 0 spiro atoms. The normalized spacial score (nSPS) is 18.3. The van der Waals surface area contributed by atoms with E-state index in [-0.39, 0.29) is 17.6 Å². The van der Waals surface area contributed by atoms with Crippen LogP contribution in [0.15, 0.2) is 66.7 Å². The summed E-state index contributed by atoms with van der Waals surface area (Å²) in [7, 11) is 0. The topological polar surface area (TPSA) is 62.2 Å². The van der Waals surface area contributed by atoms with Gasteiger partial charge in [0.05, 0.1) is 0 Å². The van der Waals surface area contributed by atoms with Crippen molar-refractivity contribution in [3.05, 3.63) is 83.4 Å². The Morgan fingerprint density at radius 1 is 0.882 bits per heavy atom. The van der Waals surface area contributed by atoms with Crippen molar-refractivity contribution in [2.75, 3.05) is 26.2 Å². The van der Waals surface area contributed by atoms with Gasteiger partial charge in [0, 0.05) is 23.7 Å². The predicted molar refractivity (Wildman–Crippen MR) is 134 cm³/mol. The fraction of sp³-hybridized carbons (Fsp3) is 0.310. The SMILES string of the molecule is CC1=C(c2ccc(O)cc2)[C@@H](c2ccc(OCCN3CCCCC3)cc2)Oc2cc(O)ccc21. The van der Waals surface area contributed by atoms with E-state index in [0.717, 1.165) is 40.1 Å². The molecular formula is C29H31NO4. The van der Waals surface area contributed by atoms with Crippen LogP contribution in [0.4, 0.5) is 0 Å². The molecule has 0 radical (unpaired) electrons. The van der Waals surface area contributed by atoms with Crippen molar-refractivity contribution < 1.29 is 19.7 Å². The molecule has 2 aliphatic heterocycles. The fourth-order valence-electron chi connectivity index (χ4n) is 4.90. The molecule has 1 fully saturated rings. The standard InChI is InChI=1S/C29H31NO4/c1-20-26-14-11-24(32)19-27(26)34-29(28(20)21-5-9-23(31)10-6-21)22-7-12-25(13-8-22)33-18-17-30-15-3-2-4-16-30/h5-14,19,29,31-32H,2-4,15-18H2,1H3/t29-/m1/s1. The number of hydrogen-bond donors (Lipinski definition) is 2. The number of allylic oxidation sites excluding steroid dienone is 1. The van der Waals surface area contributed by atoms with Crippen LogP contribution in [0.5, 0.6) is 23.0 Å². The minimum Gasteiger partial charge on any atom is -0.508 e. The number of hydrogen-bond acceptors (Lipinski definition) is 5. The van der Waals surface area contributed by atoms with E-state index < -0.39 is 0 Å². The number of piperidine rings is 1. The summed E-state index contributed by atoms with van der Waals surface area (Å²) in [4.78, 5) is 2.47. The lowest BCUT2D eigenvalue weighted by Crippen LogP contribution is -2.33. The Kier molecular flexibility index (Phi) is 6.45. The van der Waals surface area contributed by atoms with Crippen LogP contribution >= 0.6 is 0 Å². The highest BCUT2D eigenvalue weighted by Gasteiger charge is 2.29. The Labute approximate surface area is 200 Å². The molecule has 3 aromatic rings. The Morgan fingerprint density at radius 2 is 1.59 bits per heavy atom. The Balaban J connectivity index is 1.39. The van der Waals surface area contributed by atoms with Crippen LogP contribution < -0.4 is 9.47 Å². The summed E-state index contributed by atoms with van der Waals surface area (Å²) in [5.74, 6) is 1.91. The molecule has 0 aliphatic carbocycles. The van der Waals surface area contributed by atoms with Gasteiger partial charge in [-0.3, -0.25) is 4.90 Å². The first kappa shape index (κ1) is 22.4. The lowest BCUT2D eigenvalue weighted by molar-refractivity contribution is 0.183.